The first-order valence-corrected chi connectivity index (χ1v) is 19.4. The van der Waals surface area contributed by atoms with E-state index in [1.54, 1.807) is 0 Å². The van der Waals surface area contributed by atoms with Gasteiger partial charge in [-0.2, -0.15) is 0 Å². The molecular formula is C55H41N. The van der Waals surface area contributed by atoms with Gasteiger partial charge in [-0.25, -0.2) is 0 Å². The topological polar surface area (TPSA) is 12.4 Å². The summed E-state index contributed by atoms with van der Waals surface area (Å²) in [5, 5.41) is 5.31. The highest BCUT2D eigenvalue weighted by Gasteiger charge is 2.16. The first kappa shape index (κ1) is 34.7. The number of fused-ring (bicyclic) bond motifs is 6. The fourth-order valence-electron chi connectivity index (χ4n) is 8.07. The fraction of sp³-hybridized carbons (Fsp3) is 0.0545. The molecule has 0 aromatic heterocycles. The number of benzene rings is 8. The molecule has 1 heteroatoms. The van der Waals surface area contributed by atoms with Crippen molar-refractivity contribution in [1.29, 1.82) is 0 Å². The third kappa shape index (κ3) is 6.89. The Bertz CT molecular complexity index is 2880. The van der Waals surface area contributed by atoms with Crippen LogP contribution in [-0.2, 0) is 6.42 Å². The van der Waals surface area contributed by atoms with Gasteiger partial charge in [0, 0.05) is 16.8 Å². The van der Waals surface area contributed by atoms with Gasteiger partial charge in [-0.15, -0.1) is 5.73 Å². The van der Waals surface area contributed by atoms with Gasteiger partial charge in [-0.1, -0.05) is 164 Å². The predicted octanol–water partition coefficient (Wildman–Crippen LogP) is 14.7. The number of hydrogen-bond donors (Lipinski definition) is 0. The normalized spacial score (nSPS) is 12.7. The summed E-state index contributed by atoms with van der Waals surface area (Å²) in [7, 11) is 0. The van der Waals surface area contributed by atoms with E-state index >= 15 is 0 Å². The van der Waals surface area contributed by atoms with Crippen LogP contribution in [0.1, 0.15) is 41.2 Å². The number of allylic oxidation sites excluding steroid dienone is 3. The molecule has 0 heterocycles. The quantitative estimate of drug-likeness (QED) is 0.0643. The van der Waals surface area contributed by atoms with Crippen LogP contribution in [0, 0.1) is 0 Å². The lowest BCUT2D eigenvalue weighted by atomic mass is 9.85. The highest BCUT2D eigenvalue weighted by atomic mass is 14.8. The lowest BCUT2D eigenvalue weighted by Gasteiger charge is -2.19. The van der Waals surface area contributed by atoms with Crippen molar-refractivity contribution < 1.29 is 0 Å². The van der Waals surface area contributed by atoms with Gasteiger partial charge in [-0.05, 0) is 133 Å². The minimum Gasteiger partial charge on any atom is -0.252 e. The number of aliphatic imine (C=N–C) groups is 1. The zero-order chi connectivity index (χ0) is 37.8. The van der Waals surface area contributed by atoms with Crippen LogP contribution in [-0.4, -0.2) is 5.71 Å². The van der Waals surface area contributed by atoms with E-state index < -0.39 is 0 Å². The van der Waals surface area contributed by atoms with E-state index in [2.05, 4.69) is 189 Å². The summed E-state index contributed by atoms with van der Waals surface area (Å²) < 4.78 is 0. The number of hydrogen-bond acceptors (Lipinski definition) is 1. The average Bonchev–Trinajstić information content (AvgIpc) is 3.28. The van der Waals surface area contributed by atoms with Gasteiger partial charge >= 0.3 is 0 Å². The molecule has 8 aromatic carbocycles. The molecule has 0 spiro atoms. The van der Waals surface area contributed by atoms with Gasteiger partial charge in [-0.3, -0.25) is 4.99 Å². The summed E-state index contributed by atoms with van der Waals surface area (Å²) in [5.41, 5.74) is 18.9. The lowest BCUT2D eigenvalue weighted by molar-refractivity contribution is 1.00. The zero-order valence-electron chi connectivity index (χ0n) is 31.5. The molecular weight excluding hydrogens is 675 g/mol. The van der Waals surface area contributed by atoms with Crippen LogP contribution >= 0.6 is 0 Å². The second kappa shape index (κ2) is 15.4. The van der Waals surface area contributed by atoms with Crippen molar-refractivity contribution in [3.63, 3.8) is 0 Å². The van der Waals surface area contributed by atoms with Crippen molar-refractivity contribution in [2.45, 2.75) is 19.8 Å². The molecule has 0 radical (unpaired) electrons. The average molecular weight is 716 g/mol. The largest absolute Gasteiger partial charge is 0.252 e. The van der Waals surface area contributed by atoms with Crippen LogP contribution in [0.3, 0.4) is 0 Å². The van der Waals surface area contributed by atoms with Crippen LogP contribution in [0.2, 0.25) is 0 Å². The van der Waals surface area contributed by atoms with Gasteiger partial charge in [0.05, 0.1) is 5.70 Å². The molecule has 1 aliphatic rings. The van der Waals surface area contributed by atoms with E-state index in [0.717, 1.165) is 57.6 Å². The maximum Gasteiger partial charge on any atom is 0.0717 e. The second-order valence-corrected chi connectivity index (χ2v) is 14.4. The van der Waals surface area contributed by atoms with E-state index in [9.17, 15) is 0 Å². The fourth-order valence-corrected chi connectivity index (χ4v) is 8.07. The molecule has 0 saturated heterocycles. The molecule has 0 aliphatic heterocycles. The second-order valence-electron chi connectivity index (χ2n) is 14.4. The zero-order valence-corrected chi connectivity index (χ0v) is 31.5. The Morgan fingerprint density at radius 3 is 1.82 bits per heavy atom. The maximum atomic E-state index is 5.26. The number of rotatable bonds is 8. The van der Waals surface area contributed by atoms with Gasteiger partial charge < -0.3 is 0 Å². The van der Waals surface area contributed by atoms with E-state index in [0.29, 0.717) is 0 Å². The van der Waals surface area contributed by atoms with Crippen LogP contribution in [0.4, 0.5) is 0 Å². The first-order valence-electron chi connectivity index (χ1n) is 19.4. The Labute approximate surface area is 329 Å². The molecule has 0 atom stereocenters. The summed E-state index contributed by atoms with van der Waals surface area (Å²) in [4.78, 5) is 5.26. The van der Waals surface area contributed by atoms with Crippen LogP contribution in [0.15, 0.2) is 205 Å². The SMILES string of the molecule is C=C=C(/C=C(\N=C(/C)c1cccc(-c2cc(-c3ccccc3)cc(-c3ccc4c5c(c6ccccc6c4c3)C=CCC5)c2)c1)c1ccccc1)c1ccccc1. The summed E-state index contributed by atoms with van der Waals surface area (Å²) >= 11 is 0. The van der Waals surface area contributed by atoms with Crippen molar-refractivity contribution in [3.8, 4) is 33.4 Å². The molecule has 0 saturated carbocycles. The Morgan fingerprint density at radius 2 is 1.11 bits per heavy atom. The molecule has 266 valence electrons. The lowest BCUT2D eigenvalue weighted by Crippen LogP contribution is -1.98. The third-order valence-corrected chi connectivity index (χ3v) is 10.9. The van der Waals surface area contributed by atoms with Gasteiger partial charge in [0.15, 0.2) is 0 Å². The molecule has 9 rings (SSSR count). The minimum absolute atomic E-state index is 0.859. The maximum absolute atomic E-state index is 5.26. The summed E-state index contributed by atoms with van der Waals surface area (Å²) in [5.74, 6) is 0. The van der Waals surface area contributed by atoms with Crippen molar-refractivity contribution in [1.82, 2.24) is 0 Å². The Balaban J connectivity index is 1.16. The van der Waals surface area contributed by atoms with E-state index in [1.807, 2.05) is 24.3 Å². The summed E-state index contributed by atoms with van der Waals surface area (Å²) in [6.45, 7) is 6.10. The van der Waals surface area contributed by atoms with Crippen LogP contribution in [0.25, 0.3) is 72.3 Å². The molecule has 1 aliphatic carbocycles. The van der Waals surface area contributed by atoms with Crippen molar-refractivity contribution in [3.05, 3.63) is 228 Å². The van der Waals surface area contributed by atoms with Gasteiger partial charge in [0.25, 0.3) is 0 Å². The van der Waals surface area contributed by atoms with Crippen LogP contribution < -0.4 is 0 Å². The monoisotopic (exact) mass is 715 g/mol. The molecule has 56 heavy (non-hydrogen) atoms. The molecule has 1 nitrogen and oxygen atoms in total. The molecule has 0 amide bonds. The standard InChI is InChI=1S/C55H41N/c1-3-39(40-18-7-4-8-19-40)37-55(42-22-11-6-12-23-42)56-38(2)43-24-17-25-44(32-43)47-33-46(41-20-9-5-10-21-41)34-48(35-47)45-30-31-53-51-28-14-13-26-49(51)50-27-15-16-29-52(50)54(53)36-45/h4-13,15-27,29-37H,1,14,28H2,2H3/b55-37-,56-38+. The highest BCUT2D eigenvalue weighted by Crippen LogP contribution is 2.40. The summed E-state index contributed by atoms with van der Waals surface area (Å²) in [6.07, 6.45) is 8.87. The van der Waals surface area contributed by atoms with Crippen molar-refractivity contribution in [2.75, 3.05) is 0 Å². The van der Waals surface area contributed by atoms with Gasteiger partial charge in [0.2, 0.25) is 0 Å². The van der Waals surface area contributed by atoms with E-state index in [4.69, 9.17) is 4.99 Å². The Hall–Kier alpha value is -7.05. The van der Waals surface area contributed by atoms with Crippen LogP contribution in [0.5, 0.6) is 0 Å². The van der Waals surface area contributed by atoms with Gasteiger partial charge in [0.1, 0.15) is 0 Å². The molecule has 0 unspecified atom stereocenters. The minimum atomic E-state index is 0.859. The van der Waals surface area contributed by atoms with Crippen molar-refractivity contribution >= 4 is 44.6 Å². The highest BCUT2D eigenvalue weighted by molar-refractivity contribution is 6.14. The summed E-state index contributed by atoms with van der Waals surface area (Å²) in [6, 6.07) is 63.0. The molecule has 8 aromatic rings. The molecule has 0 bridgehead atoms. The van der Waals surface area contributed by atoms with Crippen molar-refractivity contribution in [2.24, 2.45) is 4.99 Å². The number of aryl methyl sites for hydroxylation is 1. The Kier molecular flexibility index (Phi) is 9.52. The van der Waals surface area contributed by atoms with E-state index in [1.165, 1.54) is 54.9 Å². The van der Waals surface area contributed by atoms with E-state index in [-0.39, 0.29) is 0 Å². The predicted molar refractivity (Wildman–Crippen MR) is 241 cm³/mol. The molecule has 0 fully saturated rings. The number of nitrogens with zero attached hydrogens (tertiary/aromatic N) is 1. The smallest absolute Gasteiger partial charge is 0.0717 e. The Morgan fingerprint density at radius 1 is 0.518 bits per heavy atom. The third-order valence-electron chi connectivity index (χ3n) is 10.9. The molecule has 0 N–H and O–H groups in total. The first-order chi connectivity index (χ1) is 27.6.